The Morgan fingerprint density at radius 3 is 3.00 bits per heavy atom. The van der Waals surface area contributed by atoms with Crippen LogP contribution < -0.4 is 0 Å². The Labute approximate surface area is 134 Å². The van der Waals surface area contributed by atoms with Gasteiger partial charge in [0.25, 0.3) is 5.91 Å². The van der Waals surface area contributed by atoms with Crippen molar-refractivity contribution in [1.82, 2.24) is 29.7 Å². The SMILES string of the molecule is CN(C)Cc1cnc([C@@H]2CN(C(=O)c3cnccn3)CCO2)[nH]1. The number of aromatic amines is 1. The standard InChI is InChI=1S/C15H20N6O2/c1-20(2)9-11-7-18-14(19-11)13-10-21(5-6-23-13)15(22)12-8-16-3-4-17-12/h3-4,7-8,13H,5-6,9-10H2,1-2H3,(H,18,19)/t13-/m0/s1. The van der Waals surface area contributed by atoms with Crippen molar-refractivity contribution in [2.24, 2.45) is 0 Å². The number of carbonyl (C=O) groups excluding carboxylic acids is 1. The van der Waals surface area contributed by atoms with E-state index in [4.69, 9.17) is 4.74 Å². The number of ether oxygens (including phenoxy) is 1. The Balaban J connectivity index is 1.68. The molecule has 0 radical (unpaired) electrons. The number of hydrogen-bond donors (Lipinski definition) is 1. The van der Waals surface area contributed by atoms with E-state index in [-0.39, 0.29) is 12.0 Å². The van der Waals surface area contributed by atoms with Gasteiger partial charge in [0.1, 0.15) is 17.6 Å². The summed E-state index contributed by atoms with van der Waals surface area (Å²) in [5.74, 6) is 0.616. The molecule has 1 aliphatic rings. The molecule has 1 aliphatic heterocycles. The Morgan fingerprint density at radius 1 is 1.39 bits per heavy atom. The van der Waals surface area contributed by atoms with Gasteiger partial charge in [-0.2, -0.15) is 0 Å². The Hall–Kier alpha value is -2.32. The molecule has 0 bridgehead atoms. The van der Waals surface area contributed by atoms with Crippen molar-refractivity contribution in [2.45, 2.75) is 12.6 Å². The lowest BCUT2D eigenvalue weighted by atomic mass is 10.2. The topological polar surface area (TPSA) is 87.2 Å². The van der Waals surface area contributed by atoms with Crippen LogP contribution in [0.3, 0.4) is 0 Å². The number of imidazole rings is 1. The Morgan fingerprint density at radius 2 is 2.26 bits per heavy atom. The highest BCUT2D eigenvalue weighted by atomic mass is 16.5. The van der Waals surface area contributed by atoms with E-state index in [9.17, 15) is 4.79 Å². The average molecular weight is 316 g/mol. The highest BCUT2D eigenvalue weighted by molar-refractivity contribution is 5.92. The van der Waals surface area contributed by atoms with E-state index in [1.165, 1.54) is 12.4 Å². The first-order chi connectivity index (χ1) is 11.1. The second-order valence-electron chi connectivity index (χ2n) is 5.73. The largest absolute Gasteiger partial charge is 0.367 e. The molecule has 1 fully saturated rings. The summed E-state index contributed by atoms with van der Waals surface area (Å²) in [6.45, 7) is 2.24. The molecule has 1 atom stereocenters. The fourth-order valence-electron chi connectivity index (χ4n) is 2.53. The van der Waals surface area contributed by atoms with Gasteiger partial charge in [0.15, 0.2) is 0 Å². The summed E-state index contributed by atoms with van der Waals surface area (Å²) in [6, 6.07) is 0. The fourth-order valence-corrected chi connectivity index (χ4v) is 2.53. The number of morpholine rings is 1. The van der Waals surface area contributed by atoms with E-state index in [2.05, 4.69) is 24.8 Å². The van der Waals surface area contributed by atoms with Crippen LogP contribution in [0.15, 0.2) is 24.8 Å². The molecule has 8 heteroatoms. The third kappa shape index (κ3) is 3.72. The molecule has 122 valence electrons. The van der Waals surface area contributed by atoms with Crippen LogP contribution in [-0.2, 0) is 11.3 Å². The number of H-pyrrole nitrogens is 1. The number of nitrogens with one attached hydrogen (secondary N) is 1. The van der Waals surface area contributed by atoms with Gasteiger partial charge in [0, 0.05) is 37.4 Å². The van der Waals surface area contributed by atoms with Crippen molar-refractivity contribution < 1.29 is 9.53 Å². The molecule has 0 unspecified atom stereocenters. The molecule has 0 saturated carbocycles. The summed E-state index contributed by atoms with van der Waals surface area (Å²) in [4.78, 5) is 31.9. The molecule has 2 aromatic heterocycles. The van der Waals surface area contributed by atoms with Crippen LogP contribution in [-0.4, -0.2) is 69.4 Å². The monoisotopic (exact) mass is 316 g/mol. The lowest BCUT2D eigenvalue weighted by Gasteiger charge is -2.31. The molecular weight excluding hydrogens is 296 g/mol. The maximum atomic E-state index is 12.5. The molecule has 3 rings (SSSR count). The van der Waals surface area contributed by atoms with Crippen LogP contribution in [0.4, 0.5) is 0 Å². The smallest absolute Gasteiger partial charge is 0.274 e. The van der Waals surface area contributed by atoms with Gasteiger partial charge in [0.05, 0.1) is 19.3 Å². The van der Waals surface area contributed by atoms with Crippen molar-refractivity contribution in [2.75, 3.05) is 33.8 Å². The van der Waals surface area contributed by atoms with Crippen molar-refractivity contribution >= 4 is 5.91 Å². The van der Waals surface area contributed by atoms with E-state index in [1.807, 2.05) is 20.3 Å². The van der Waals surface area contributed by atoms with Gasteiger partial charge < -0.3 is 19.5 Å². The highest BCUT2D eigenvalue weighted by Gasteiger charge is 2.28. The summed E-state index contributed by atoms with van der Waals surface area (Å²) in [5.41, 5.74) is 1.37. The Kier molecular flexibility index (Phi) is 4.63. The molecular formula is C15H20N6O2. The summed E-state index contributed by atoms with van der Waals surface area (Å²) in [6.07, 6.45) is 6.11. The number of aromatic nitrogens is 4. The third-order valence-corrected chi connectivity index (χ3v) is 3.58. The van der Waals surface area contributed by atoms with Gasteiger partial charge in [0.2, 0.25) is 0 Å². The minimum atomic E-state index is -0.250. The van der Waals surface area contributed by atoms with Crippen molar-refractivity contribution in [3.8, 4) is 0 Å². The van der Waals surface area contributed by atoms with Crippen LogP contribution in [0, 0.1) is 0 Å². The predicted octanol–water partition coefficient (Wildman–Crippen LogP) is 0.475. The second kappa shape index (κ2) is 6.84. The first kappa shape index (κ1) is 15.6. The summed E-state index contributed by atoms with van der Waals surface area (Å²) < 4.78 is 5.76. The lowest BCUT2D eigenvalue weighted by Crippen LogP contribution is -2.42. The zero-order chi connectivity index (χ0) is 16.2. The van der Waals surface area contributed by atoms with Crippen molar-refractivity contribution in [3.63, 3.8) is 0 Å². The molecule has 1 amide bonds. The van der Waals surface area contributed by atoms with E-state index >= 15 is 0 Å². The summed E-state index contributed by atoms with van der Waals surface area (Å²) >= 11 is 0. The van der Waals surface area contributed by atoms with E-state index in [0.29, 0.717) is 25.4 Å². The van der Waals surface area contributed by atoms with Gasteiger partial charge in [-0.25, -0.2) is 9.97 Å². The molecule has 1 N–H and O–H groups in total. The zero-order valence-electron chi connectivity index (χ0n) is 13.3. The number of amides is 1. The quantitative estimate of drug-likeness (QED) is 0.882. The van der Waals surface area contributed by atoms with Crippen LogP contribution >= 0.6 is 0 Å². The van der Waals surface area contributed by atoms with Crippen molar-refractivity contribution in [3.05, 3.63) is 42.0 Å². The summed E-state index contributed by atoms with van der Waals surface area (Å²) in [7, 11) is 4.00. The third-order valence-electron chi connectivity index (χ3n) is 3.58. The maximum absolute atomic E-state index is 12.5. The van der Waals surface area contributed by atoms with E-state index in [0.717, 1.165) is 18.1 Å². The number of hydrogen-bond acceptors (Lipinski definition) is 6. The predicted molar refractivity (Wildman–Crippen MR) is 82.6 cm³/mol. The first-order valence-corrected chi connectivity index (χ1v) is 7.49. The summed E-state index contributed by atoms with van der Waals surface area (Å²) in [5, 5.41) is 0. The van der Waals surface area contributed by atoms with Crippen molar-refractivity contribution in [1.29, 1.82) is 0 Å². The van der Waals surface area contributed by atoms with E-state index in [1.54, 1.807) is 11.1 Å². The second-order valence-corrected chi connectivity index (χ2v) is 5.73. The molecule has 3 heterocycles. The Bertz CT molecular complexity index is 657. The highest BCUT2D eigenvalue weighted by Crippen LogP contribution is 2.21. The van der Waals surface area contributed by atoms with Gasteiger partial charge in [-0.15, -0.1) is 0 Å². The number of carbonyl (C=O) groups is 1. The van der Waals surface area contributed by atoms with Gasteiger partial charge in [-0.05, 0) is 14.1 Å². The first-order valence-electron chi connectivity index (χ1n) is 7.49. The molecule has 2 aromatic rings. The zero-order valence-corrected chi connectivity index (χ0v) is 13.3. The lowest BCUT2D eigenvalue weighted by molar-refractivity contribution is -0.0267. The molecule has 8 nitrogen and oxygen atoms in total. The van der Waals surface area contributed by atoms with Crippen LogP contribution in [0.2, 0.25) is 0 Å². The minimum absolute atomic E-state index is 0.133. The molecule has 0 spiro atoms. The molecule has 1 saturated heterocycles. The van der Waals surface area contributed by atoms with Crippen LogP contribution in [0.1, 0.15) is 28.1 Å². The molecule has 0 aromatic carbocycles. The number of nitrogens with zero attached hydrogens (tertiary/aromatic N) is 5. The molecule has 23 heavy (non-hydrogen) atoms. The minimum Gasteiger partial charge on any atom is -0.367 e. The maximum Gasteiger partial charge on any atom is 0.274 e. The van der Waals surface area contributed by atoms with Gasteiger partial charge in [-0.1, -0.05) is 0 Å². The average Bonchev–Trinajstić information content (AvgIpc) is 3.03. The normalized spacial score (nSPS) is 18.4. The van der Waals surface area contributed by atoms with Gasteiger partial charge in [-0.3, -0.25) is 9.78 Å². The number of rotatable bonds is 4. The molecule has 0 aliphatic carbocycles. The van der Waals surface area contributed by atoms with E-state index < -0.39 is 0 Å². The van der Waals surface area contributed by atoms with Gasteiger partial charge >= 0.3 is 0 Å². The van der Waals surface area contributed by atoms with Crippen LogP contribution in [0.25, 0.3) is 0 Å². The van der Waals surface area contributed by atoms with Crippen LogP contribution in [0.5, 0.6) is 0 Å². The fraction of sp³-hybridized carbons (Fsp3) is 0.467.